The van der Waals surface area contributed by atoms with Crippen LogP contribution in [0.25, 0.3) is 0 Å². The van der Waals surface area contributed by atoms with Crippen molar-refractivity contribution < 1.29 is 19.2 Å². The molecule has 1 aliphatic rings. The fraction of sp³-hybridized carbons (Fsp3) is 0.765. The van der Waals surface area contributed by atoms with E-state index in [0.717, 1.165) is 38.5 Å². The van der Waals surface area contributed by atoms with E-state index in [-0.39, 0.29) is 12.3 Å². The van der Waals surface area contributed by atoms with E-state index >= 15 is 0 Å². The van der Waals surface area contributed by atoms with Crippen LogP contribution in [0.4, 0.5) is 0 Å². The van der Waals surface area contributed by atoms with Crippen molar-refractivity contribution in [3.8, 4) is 0 Å². The van der Waals surface area contributed by atoms with Gasteiger partial charge in [-0.1, -0.05) is 37.8 Å². The fourth-order valence-electron chi connectivity index (χ4n) is 3.17. The molecular weight excluding hydrogens is 310 g/mol. The van der Waals surface area contributed by atoms with Crippen molar-refractivity contribution in [1.29, 1.82) is 0 Å². The zero-order chi connectivity index (χ0) is 17.4. The van der Waals surface area contributed by atoms with E-state index < -0.39 is 11.5 Å². The van der Waals surface area contributed by atoms with Gasteiger partial charge in [0.15, 0.2) is 5.82 Å². The molecule has 0 spiro atoms. The second-order valence-corrected chi connectivity index (χ2v) is 6.56. The average Bonchev–Trinajstić information content (AvgIpc) is 2.84. The molecule has 2 N–H and O–H groups in total. The second-order valence-electron chi connectivity index (χ2n) is 6.56. The molecule has 0 unspecified atom stereocenters. The highest BCUT2D eigenvalue weighted by atomic mass is 16.5. The van der Waals surface area contributed by atoms with Crippen LogP contribution in [-0.2, 0) is 22.4 Å². The summed E-state index contributed by atoms with van der Waals surface area (Å²) in [6, 6.07) is 0. The monoisotopic (exact) mass is 337 g/mol. The Hall–Kier alpha value is -1.92. The number of carboxylic acids is 1. The van der Waals surface area contributed by atoms with Crippen LogP contribution in [0.15, 0.2) is 4.52 Å². The summed E-state index contributed by atoms with van der Waals surface area (Å²) in [5, 5.41) is 16.2. The number of nitrogens with one attached hydrogen (secondary N) is 1. The quantitative estimate of drug-likeness (QED) is 0.706. The van der Waals surface area contributed by atoms with Gasteiger partial charge in [0.05, 0.1) is 0 Å². The van der Waals surface area contributed by atoms with E-state index in [1.807, 2.05) is 6.92 Å². The Bertz CT molecular complexity index is 548. The van der Waals surface area contributed by atoms with Gasteiger partial charge in [-0.3, -0.25) is 4.79 Å². The van der Waals surface area contributed by atoms with Gasteiger partial charge in [-0.15, -0.1) is 0 Å². The summed E-state index contributed by atoms with van der Waals surface area (Å²) in [4.78, 5) is 28.1. The van der Waals surface area contributed by atoms with Crippen molar-refractivity contribution in [1.82, 2.24) is 15.5 Å². The first-order chi connectivity index (χ1) is 11.6. The summed E-state index contributed by atoms with van der Waals surface area (Å²) in [5.74, 6) is 0.0976. The minimum absolute atomic E-state index is 0.215. The van der Waals surface area contributed by atoms with Crippen LogP contribution in [0.3, 0.4) is 0 Å². The van der Waals surface area contributed by atoms with E-state index in [1.165, 1.54) is 0 Å². The predicted octanol–water partition coefficient (Wildman–Crippen LogP) is 2.64. The standard InChI is InChI=1S/C17H27N3O4/c1-2-8-13-18-15(24-20-13)10-7-9-14(21)19-17(16(22)23)11-5-3-4-6-12-17/h2-12H2,1H3,(H,19,21)(H,22,23). The van der Waals surface area contributed by atoms with Gasteiger partial charge in [0.1, 0.15) is 5.54 Å². The lowest BCUT2D eigenvalue weighted by Crippen LogP contribution is -2.54. The van der Waals surface area contributed by atoms with Gasteiger partial charge in [-0.25, -0.2) is 4.79 Å². The van der Waals surface area contributed by atoms with Gasteiger partial charge >= 0.3 is 5.97 Å². The zero-order valence-corrected chi connectivity index (χ0v) is 14.3. The number of aromatic nitrogens is 2. The molecule has 1 heterocycles. The largest absolute Gasteiger partial charge is 0.480 e. The Kier molecular flexibility index (Phi) is 6.75. The molecule has 24 heavy (non-hydrogen) atoms. The molecule has 0 aliphatic heterocycles. The van der Waals surface area contributed by atoms with Crippen LogP contribution < -0.4 is 5.32 Å². The molecule has 7 nitrogen and oxygen atoms in total. The topological polar surface area (TPSA) is 105 Å². The first-order valence-corrected chi connectivity index (χ1v) is 8.91. The molecule has 0 radical (unpaired) electrons. The van der Waals surface area contributed by atoms with E-state index in [1.54, 1.807) is 0 Å². The average molecular weight is 337 g/mol. The van der Waals surface area contributed by atoms with E-state index in [2.05, 4.69) is 15.5 Å². The molecule has 1 fully saturated rings. The number of aliphatic carboxylic acids is 1. The Labute approximate surface area is 142 Å². The lowest BCUT2D eigenvalue weighted by molar-refractivity contribution is -0.148. The molecule has 1 amide bonds. The van der Waals surface area contributed by atoms with Gasteiger partial charge in [0.25, 0.3) is 0 Å². The van der Waals surface area contributed by atoms with E-state index in [4.69, 9.17) is 4.52 Å². The third-order valence-electron chi connectivity index (χ3n) is 4.52. The molecule has 1 saturated carbocycles. The lowest BCUT2D eigenvalue weighted by atomic mass is 9.90. The van der Waals surface area contributed by atoms with Crippen molar-refractivity contribution in [3.05, 3.63) is 11.7 Å². The number of amides is 1. The summed E-state index contributed by atoms with van der Waals surface area (Å²) in [6.45, 7) is 2.05. The Morgan fingerprint density at radius 3 is 2.54 bits per heavy atom. The summed E-state index contributed by atoms with van der Waals surface area (Å²) in [6.07, 6.45) is 7.87. The van der Waals surface area contributed by atoms with E-state index in [9.17, 15) is 14.7 Å². The third-order valence-corrected chi connectivity index (χ3v) is 4.52. The molecule has 1 aromatic heterocycles. The number of carbonyl (C=O) groups excluding carboxylic acids is 1. The fourth-order valence-corrected chi connectivity index (χ4v) is 3.17. The van der Waals surface area contributed by atoms with E-state index in [0.29, 0.717) is 37.4 Å². The molecule has 0 saturated heterocycles. The molecule has 1 aliphatic carbocycles. The molecule has 2 rings (SSSR count). The van der Waals surface area contributed by atoms with Crippen molar-refractivity contribution in [2.75, 3.05) is 0 Å². The number of nitrogens with zero attached hydrogens (tertiary/aromatic N) is 2. The SMILES string of the molecule is CCCc1noc(CCCC(=O)NC2(C(=O)O)CCCCCC2)n1. The normalized spacial score (nSPS) is 17.2. The van der Waals surface area contributed by atoms with Crippen LogP contribution >= 0.6 is 0 Å². The van der Waals surface area contributed by atoms with Gasteiger partial charge in [0, 0.05) is 19.3 Å². The molecule has 0 aromatic carbocycles. The second kappa shape index (κ2) is 8.80. The number of carboxylic acid groups (broad SMARTS) is 1. The third kappa shape index (κ3) is 5.04. The Balaban J connectivity index is 1.81. The Morgan fingerprint density at radius 2 is 1.92 bits per heavy atom. The summed E-state index contributed by atoms with van der Waals surface area (Å²) in [7, 11) is 0. The minimum atomic E-state index is -1.09. The maximum Gasteiger partial charge on any atom is 0.329 e. The molecule has 7 heteroatoms. The van der Waals surface area contributed by atoms with Crippen LogP contribution in [0.1, 0.15) is 76.4 Å². The summed E-state index contributed by atoms with van der Waals surface area (Å²) in [5.41, 5.74) is -1.09. The minimum Gasteiger partial charge on any atom is -0.480 e. The maximum atomic E-state index is 12.2. The molecule has 0 bridgehead atoms. The smallest absolute Gasteiger partial charge is 0.329 e. The summed E-state index contributed by atoms with van der Waals surface area (Å²) >= 11 is 0. The zero-order valence-electron chi connectivity index (χ0n) is 14.3. The molecular formula is C17H27N3O4. The molecule has 1 aromatic rings. The van der Waals surface area contributed by atoms with Gasteiger partial charge in [0.2, 0.25) is 11.8 Å². The number of hydrogen-bond donors (Lipinski definition) is 2. The number of carbonyl (C=O) groups is 2. The van der Waals surface area contributed by atoms with Gasteiger partial charge in [-0.05, 0) is 25.7 Å². The first kappa shape index (κ1) is 18.4. The molecule has 134 valence electrons. The summed E-state index contributed by atoms with van der Waals surface area (Å²) < 4.78 is 5.14. The highest BCUT2D eigenvalue weighted by Gasteiger charge is 2.39. The predicted molar refractivity (Wildman–Crippen MR) is 87.4 cm³/mol. The lowest BCUT2D eigenvalue weighted by Gasteiger charge is -2.29. The number of aryl methyl sites for hydroxylation is 2. The van der Waals surface area contributed by atoms with Crippen molar-refractivity contribution in [2.45, 2.75) is 83.1 Å². The van der Waals surface area contributed by atoms with Crippen LogP contribution in [0, 0.1) is 0 Å². The highest BCUT2D eigenvalue weighted by molar-refractivity contribution is 5.87. The maximum absolute atomic E-state index is 12.2. The van der Waals surface area contributed by atoms with Crippen molar-refractivity contribution >= 4 is 11.9 Å². The van der Waals surface area contributed by atoms with Crippen molar-refractivity contribution in [2.24, 2.45) is 0 Å². The van der Waals surface area contributed by atoms with Crippen LogP contribution in [-0.4, -0.2) is 32.7 Å². The van der Waals surface area contributed by atoms with Gasteiger partial charge in [-0.2, -0.15) is 4.98 Å². The number of rotatable bonds is 8. The first-order valence-electron chi connectivity index (χ1n) is 8.91. The van der Waals surface area contributed by atoms with Gasteiger partial charge < -0.3 is 14.9 Å². The molecule has 0 atom stereocenters. The van der Waals surface area contributed by atoms with Crippen LogP contribution in [0.5, 0.6) is 0 Å². The number of hydrogen-bond acceptors (Lipinski definition) is 5. The van der Waals surface area contributed by atoms with Crippen molar-refractivity contribution in [3.63, 3.8) is 0 Å². The van der Waals surface area contributed by atoms with Crippen LogP contribution in [0.2, 0.25) is 0 Å². The highest BCUT2D eigenvalue weighted by Crippen LogP contribution is 2.27. The Morgan fingerprint density at radius 1 is 1.21 bits per heavy atom.